The van der Waals surface area contributed by atoms with Gasteiger partial charge in [-0.25, -0.2) is 0 Å². The van der Waals surface area contributed by atoms with Crippen molar-refractivity contribution in [2.24, 2.45) is 35.5 Å². The van der Waals surface area contributed by atoms with Gasteiger partial charge in [0, 0.05) is 0 Å². The first-order chi connectivity index (χ1) is 20.2. The van der Waals surface area contributed by atoms with Crippen molar-refractivity contribution in [3.63, 3.8) is 0 Å². The fraction of sp³-hybridized carbons (Fsp3) is 0.900. The Morgan fingerprint density at radius 3 is 1.12 bits per heavy atom. The Kier molecular flexibility index (Phi) is 16.0. The number of ether oxygens (including phenoxy) is 1. The molecule has 2 atom stereocenters. The van der Waals surface area contributed by atoms with E-state index in [1.54, 1.807) is 11.1 Å². The van der Waals surface area contributed by atoms with Gasteiger partial charge in [-0.2, -0.15) is 0 Å². The summed E-state index contributed by atoms with van der Waals surface area (Å²) in [5.41, 5.74) is 3.17. The van der Waals surface area contributed by atoms with Crippen molar-refractivity contribution in [2.45, 2.75) is 181 Å². The molecule has 1 nitrogen and oxygen atoms in total. The van der Waals surface area contributed by atoms with Crippen LogP contribution >= 0.6 is 0 Å². The van der Waals surface area contributed by atoms with E-state index in [9.17, 15) is 0 Å². The largest absolute Gasteiger partial charge is 0.373 e. The summed E-state index contributed by atoms with van der Waals surface area (Å²) < 4.78 is 6.23. The minimum absolute atomic E-state index is 0.884. The van der Waals surface area contributed by atoms with Crippen molar-refractivity contribution >= 4 is 0 Å². The zero-order chi connectivity index (χ0) is 28.5. The molecule has 0 aromatic heterocycles. The summed E-state index contributed by atoms with van der Waals surface area (Å²) in [6.07, 6.45) is 42.9. The molecule has 4 rings (SSSR count). The van der Waals surface area contributed by atoms with E-state index in [1.807, 2.05) is 0 Å². The normalized spacial score (nSPS) is 31.1. The zero-order valence-electron chi connectivity index (χ0n) is 27.8. The van der Waals surface area contributed by atoms with Gasteiger partial charge in [-0.1, -0.05) is 154 Å². The van der Waals surface area contributed by atoms with E-state index in [2.05, 4.69) is 26.0 Å². The Bertz CT molecular complexity index is 670. The molecule has 0 aromatic rings. The quantitative estimate of drug-likeness (QED) is 0.150. The molecule has 0 saturated heterocycles. The first-order valence-electron chi connectivity index (χ1n) is 19.1. The van der Waals surface area contributed by atoms with Crippen LogP contribution in [0.15, 0.2) is 23.3 Å². The predicted octanol–water partition coefficient (Wildman–Crippen LogP) is 12.8. The summed E-state index contributed by atoms with van der Waals surface area (Å²) in [4.78, 5) is 0. The van der Waals surface area contributed by atoms with Crippen LogP contribution in [0.4, 0.5) is 0 Å². The lowest BCUT2D eigenvalue weighted by molar-refractivity contribution is 0.169. The topological polar surface area (TPSA) is 9.23 Å². The molecule has 4 aliphatic rings. The molecule has 0 bridgehead atoms. The Morgan fingerprint density at radius 2 is 0.805 bits per heavy atom. The molecule has 1 heteroatoms. The molecular formula is C40H70O. The highest BCUT2D eigenvalue weighted by molar-refractivity contribution is 5.09. The summed E-state index contributed by atoms with van der Waals surface area (Å²) >= 11 is 0. The maximum Gasteiger partial charge on any atom is 0.0681 e. The smallest absolute Gasteiger partial charge is 0.0681 e. The zero-order valence-corrected chi connectivity index (χ0v) is 27.8. The van der Waals surface area contributed by atoms with Gasteiger partial charge in [0.25, 0.3) is 0 Å². The van der Waals surface area contributed by atoms with Gasteiger partial charge in [0.2, 0.25) is 0 Å². The number of hydrogen-bond acceptors (Lipinski definition) is 1. The maximum absolute atomic E-state index is 6.23. The SMILES string of the molecule is CCCCC1CCC(CCCC2CC=C(COCC3=CCC(CCCC4CCC(CCCC)CC4)CC3)CC2)CC1. The average Bonchev–Trinajstić information content (AvgIpc) is 3.02. The number of rotatable bonds is 18. The molecule has 2 fully saturated rings. The average molecular weight is 567 g/mol. The van der Waals surface area contributed by atoms with Crippen LogP contribution in [0.5, 0.6) is 0 Å². The van der Waals surface area contributed by atoms with Gasteiger partial charge in [-0.05, 0) is 85.2 Å². The highest BCUT2D eigenvalue weighted by Gasteiger charge is 2.23. The van der Waals surface area contributed by atoms with Crippen molar-refractivity contribution in [1.29, 1.82) is 0 Å². The van der Waals surface area contributed by atoms with Crippen LogP contribution in [0.2, 0.25) is 0 Å². The van der Waals surface area contributed by atoms with Gasteiger partial charge in [0.1, 0.15) is 0 Å². The third-order valence-electron chi connectivity index (χ3n) is 12.1. The van der Waals surface area contributed by atoms with E-state index in [0.29, 0.717) is 0 Å². The second-order valence-electron chi connectivity index (χ2n) is 15.4. The minimum atomic E-state index is 0.884. The van der Waals surface area contributed by atoms with Crippen LogP contribution in [0.3, 0.4) is 0 Å². The first-order valence-corrected chi connectivity index (χ1v) is 19.1. The first kappa shape index (κ1) is 33.3. The summed E-state index contributed by atoms with van der Waals surface area (Å²) in [6, 6.07) is 0. The van der Waals surface area contributed by atoms with Gasteiger partial charge in [0.05, 0.1) is 13.2 Å². The minimum Gasteiger partial charge on any atom is -0.373 e. The lowest BCUT2D eigenvalue weighted by Crippen LogP contribution is -2.15. The number of allylic oxidation sites excluding steroid dienone is 2. The Hall–Kier alpha value is -0.560. The Morgan fingerprint density at radius 1 is 0.463 bits per heavy atom. The van der Waals surface area contributed by atoms with Crippen molar-refractivity contribution in [2.75, 3.05) is 13.2 Å². The van der Waals surface area contributed by atoms with Crippen LogP contribution in [0.1, 0.15) is 181 Å². The number of unbranched alkanes of at least 4 members (excludes halogenated alkanes) is 2. The van der Waals surface area contributed by atoms with Crippen LogP contribution in [0, 0.1) is 35.5 Å². The monoisotopic (exact) mass is 567 g/mol. The van der Waals surface area contributed by atoms with Crippen LogP contribution in [0.25, 0.3) is 0 Å². The molecule has 0 amide bonds. The lowest BCUT2D eigenvalue weighted by atomic mass is 9.77. The standard InChI is InChI=1S/C40H70O/c1-3-5-9-33-15-19-35(20-16-33)11-7-13-37-23-27-39(28-24-37)31-41-32-40-29-25-38(26-30-40)14-8-12-36-21-17-34(18-22-36)10-6-4-2/h27,29,33-38H,3-26,28,30-32H2,1-2H3. The summed E-state index contributed by atoms with van der Waals surface area (Å²) in [5.74, 6) is 6.10. The third kappa shape index (κ3) is 12.9. The van der Waals surface area contributed by atoms with Crippen LogP contribution < -0.4 is 0 Å². The Labute approximate surface area is 257 Å². The van der Waals surface area contributed by atoms with Crippen LogP contribution in [-0.2, 0) is 4.74 Å². The lowest BCUT2D eigenvalue weighted by Gasteiger charge is -2.29. The van der Waals surface area contributed by atoms with Crippen molar-refractivity contribution < 1.29 is 4.74 Å². The molecule has 0 spiro atoms. The molecule has 2 unspecified atom stereocenters. The van der Waals surface area contributed by atoms with E-state index >= 15 is 0 Å². The second kappa shape index (κ2) is 19.7. The summed E-state index contributed by atoms with van der Waals surface area (Å²) in [6.45, 7) is 6.45. The van der Waals surface area contributed by atoms with E-state index in [-0.39, 0.29) is 0 Å². The van der Waals surface area contributed by atoms with Crippen molar-refractivity contribution in [3.05, 3.63) is 23.3 Å². The van der Waals surface area contributed by atoms with E-state index in [1.165, 1.54) is 167 Å². The fourth-order valence-electron chi connectivity index (χ4n) is 8.98. The van der Waals surface area contributed by atoms with E-state index in [4.69, 9.17) is 4.74 Å². The number of hydrogen-bond donors (Lipinski definition) is 0. The highest BCUT2D eigenvalue weighted by Crippen LogP contribution is 2.37. The molecule has 4 aliphatic carbocycles. The molecule has 0 aromatic carbocycles. The summed E-state index contributed by atoms with van der Waals surface area (Å²) in [7, 11) is 0. The molecule has 0 heterocycles. The maximum atomic E-state index is 6.23. The van der Waals surface area contributed by atoms with Gasteiger partial charge >= 0.3 is 0 Å². The fourth-order valence-corrected chi connectivity index (χ4v) is 8.98. The molecule has 236 valence electrons. The van der Waals surface area contributed by atoms with Gasteiger partial charge in [-0.3, -0.25) is 0 Å². The van der Waals surface area contributed by atoms with E-state index < -0.39 is 0 Å². The van der Waals surface area contributed by atoms with Crippen molar-refractivity contribution in [3.8, 4) is 0 Å². The highest BCUT2D eigenvalue weighted by atomic mass is 16.5. The van der Waals surface area contributed by atoms with Gasteiger partial charge < -0.3 is 4.74 Å². The van der Waals surface area contributed by atoms with Gasteiger partial charge in [-0.15, -0.1) is 0 Å². The van der Waals surface area contributed by atoms with E-state index in [0.717, 1.165) is 48.7 Å². The second-order valence-corrected chi connectivity index (χ2v) is 15.4. The molecule has 41 heavy (non-hydrogen) atoms. The van der Waals surface area contributed by atoms with Gasteiger partial charge in [0.15, 0.2) is 0 Å². The molecule has 0 radical (unpaired) electrons. The predicted molar refractivity (Wildman–Crippen MR) is 179 cm³/mol. The third-order valence-corrected chi connectivity index (χ3v) is 12.1. The molecular weight excluding hydrogens is 496 g/mol. The Balaban J connectivity index is 0.982. The molecule has 0 N–H and O–H groups in total. The summed E-state index contributed by atoms with van der Waals surface area (Å²) in [5, 5.41) is 0. The molecule has 2 saturated carbocycles. The van der Waals surface area contributed by atoms with Crippen molar-refractivity contribution in [1.82, 2.24) is 0 Å². The molecule has 0 aliphatic heterocycles. The van der Waals surface area contributed by atoms with Crippen LogP contribution in [-0.4, -0.2) is 13.2 Å².